The predicted octanol–water partition coefficient (Wildman–Crippen LogP) is 4.30. The summed E-state index contributed by atoms with van der Waals surface area (Å²) in [6, 6.07) is 22.0. The van der Waals surface area contributed by atoms with Gasteiger partial charge in [-0.3, -0.25) is 0 Å². The molecule has 5 heteroatoms. The highest BCUT2D eigenvalue weighted by molar-refractivity contribution is 5.97. The lowest BCUT2D eigenvalue weighted by Crippen LogP contribution is -2.29. The maximum absolute atomic E-state index is 13.0. The fourth-order valence-electron chi connectivity index (χ4n) is 3.87. The Morgan fingerprint density at radius 2 is 1.31 bits per heavy atom. The molecule has 0 saturated carbocycles. The molecule has 0 fully saturated rings. The standard InChI is InChI=1S/C24H25N3O2/c1-25-18-9-5-16(6-10-18)24(17-7-11-19(26-2)12-8-17)22-14-13-20(27(3)4)15-21(22)23(28)29-24/h5-15,25-26H,1-4H3. The van der Waals surface area contributed by atoms with E-state index in [1.165, 1.54) is 0 Å². The Labute approximate surface area is 171 Å². The van der Waals surface area contributed by atoms with Gasteiger partial charge in [0.2, 0.25) is 0 Å². The van der Waals surface area contributed by atoms with E-state index in [0.29, 0.717) is 5.56 Å². The Balaban J connectivity index is 1.96. The largest absolute Gasteiger partial charge is 0.441 e. The van der Waals surface area contributed by atoms with Crippen molar-refractivity contribution < 1.29 is 9.53 Å². The molecule has 5 nitrogen and oxygen atoms in total. The van der Waals surface area contributed by atoms with E-state index in [-0.39, 0.29) is 5.97 Å². The summed E-state index contributed by atoms with van der Waals surface area (Å²) in [6.45, 7) is 0. The summed E-state index contributed by atoms with van der Waals surface area (Å²) < 4.78 is 6.18. The number of anilines is 3. The van der Waals surface area contributed by atoms with Crippen molar-refractivity contribution >= 4 is 23.0 Å². The van der Waals surface area contributed by atoms with E-state index in [1.54, 1.807) is 0 Å². The monoisotopic (exact) mass is 387 g/mol. The van der Waals surface area contributed by atoms with Gasteiger partial charge in [0.05, 0.1) is 5.56 Å². The second kappa shape index (κ2) is 7.17. The lowest BCUT2D eigenvalue weighted by atomic mass is 9.79. The van der Waals surface area contributed by atoms with Crippen molar-refractivity contribution in [2.45, 2.75) is 5.60 Å². The number of hydrogen-bond donors (Lipinski definition) is 2. The number of carbonyl (C=O) groups excluding carboxylic acids is 1. The highest BCUT2D eigenvalue weighted by Crippen LogP contribution is 2.48. The lowest BCUT2D eigenvalue weighted by Gasteiger charge is -2.30. The van der Waals surface area contributed by atoms with Gasteiger partial charge in [-0.05, 0) is 36.4 Å². The zero-order valence-corrected chi connectivity index (χ0v) is 17.1. The van der Waals surface area contributed by atoms with Crippen molar-refractivity contribution in [3.8, 4) is 0 Å². The third-order valence-electron chi connectivity index (χ3n) is 5.52. The number of rotatable bonds is 5. The second-order valence-electron chi connectivity index (χ2n) is 7.35. The molecule has 3 aromatic rings. The molecule has 29 heavy (non-hydrogen) atoms. The van der Waals surface area contributed by atoms with Gasteiger partial charge >= 0.3 is 5.97 Å². The Morgan fingerprint density at radius 1 is 0.793 bits per heavy atom. The summed E-state index contributed by atoms with van der Waals surface area (Å²) in [7, 11) is 7.69. The van der Waals surface area contributed by atoms with Crippen molar-refractivity contribution in [2.75, 3.05) is 43.7 Å². The van der Waals surface area contributed by atoms with Gasteiger partial charge in [0.25, 0.3) is 0 Å². The molecule has 0 aromatic heterocycles. The van der Waals surface area contributed by atoms with E-state index in [0.717, 1.165) is 33.8 Å². The van der Waals surface area contributed by atoms with Crippen LogP contribution in [0.25, 0.3) is 0 Å². The van der Waals surface area contributed by atoms with Crippen LogP contribution in [0.15, 0.2) is 66.7 Å². The summed E-state index contributed by atoms with van der Waals surface area (Å²) in [5, 5.41) is 6.28. The summed E-state index contributed by atoms with van der Waals surface area (Å²) in [5.41, 5.74) is 5.29. The molecule has 1 aliphatic rings. The first-order chi connectivity index (χ1) is 14.0. The molecule has 2 N–H and O–H groups in total. The van der Waals surface area contributed by atoms with Crippen LogP contribution in [0.4, 0.5) is 17.1 Å². The minimum Gasteiger partial charge on any atom is -0.441 e. The van der Waals surface area contributed by atoms with Gasteiger partial charge in [-0.15, -0.1) is 0 Å². The van der Waals surface area contributed by atoms with Gasteiger partial charge in [0.15, 0.2) is 5.60 Å². The molecular formula is C24H25N3O2. The van der Waals surface area contributed by atoms with Crippen LogP contribution in [0.5, 0.6) is 0 Å². The van der Waals surface area contributed by atoms with Gasteiger partial charge in [-0.1, -0.05) is 30.3 Å². The molecule has 148 valence electrons. The lowest BCUT2D eigenvalue weighted by molar-refractivity contribution is 0.0251. The Kier molecular flexibility index (Phi) is 4.66. The number of nitrogens with zero attached hydrogens (tertiary/aromatic N) is 1. The van der Waals surface area contributed by atoms with E-state index in [1.807, 2.05) is 99.8 Å². The van der Waals surface area contributed by atoms with E-state index < -0.39 is 5.60 Å². The number of nitrogens with one attached hydrogen (secondary N) is 2. The van der Waals surface area contributed by atoms with Gasteiger partial charge in [-0.2, -0.15) is 0 Å². The zero-order chi connectivity index (χ0) is 20.6. The normalized spacial score (nSPS) is 14.1. The Hall–Kier alpha value is -3.47. The van der Waals surface area contributed by atoms with Crippen LogP contribution in [-0.4, -0.2) is 34.2 Å². The minimum absolute atomic E-state index is 0.306. The first kappa shape index (κ1) is 18.9. The fraction of sp³-hybridized carbons (Fsp3) is 0.208. The van der Waals surface area contributed by atoms with Crippen molar-refractivity contribution in [2.24, 2.45) is 0 Å². The third kappa shape index (κ3) is 2.99. The predicted molar refractivity (Wildman–Crippen MR) is 118 cm³/mol. The molecule has 3 aromatic carbocycles. The summed E-state index contributed by atoms with van der Waals surface area (Å²) in [4.78, 5) is 15.0. The number of benzene rings is 3. The van der Waals surface area contributed by atoms with Gasteiger partial charge in [-0.25, -0.2) is 4.79 Å². The van der Waals surface area contributed by atoms with Crippen LogP contribution in [0.1, 0.15) is 27.0 Å². The molecule has 0 amide bonds. The fourth-order valence-corrected chi connectivity index (χ4v) is 3.87. The first-order valence-corrected chi connectivity index (χ1v) is 9.61. The van der Waals surface area contributed by atoms with Crippen molar-refractivity contribution in [3.63, 3.8) is 0 Å². The van der Waals surface area contributed by atoms with Crippen LogP contribution < -0.4 is 15.5 Å². The molecule has 4 rings (SSSR count). The summed E-state index contributed by atoms with van der Waals surface area (Å²) in [5.74, 6) is -0.306. The maximum atomic E-state index is 13.0. The van der Waals surface area contributed by atoms with E-state index in [4.69, 9.17) is 4.74 Å². The van der Waals surface area contributed by atoms with Crippen molar-refractivity contribution in [1.29, 1.82) is 0 Å². The molecule has 0 aliphatic carbocycles. The van der Waals surface area contributed by atoms with Crippen molar-refractivity contribution in [1.82, 2.24) is 0 Å². The number of esters is 1. The molecule has 0 atom stereocenters. The number of cyclic esters (lactones) is 1. The number of hydrogen-bond acceptors (Lipinski definition) is 5. The summed E-state index contributed by atoms with van der Waals surface area (Å²) in [6.07, 6.45) is 0. The van der Waals surface area contributed by atoms with E-state index >= 15 is 0 Å². The molecule has 1 aliphatic heterocycles. The Bertz CT molecular complexity index is 993. The average Bonchev–Trinajstić information content (AvgIpc) is 3.06. The highest BCUT2D eigenvalue weighted by atomic mass is 16.6. The topological polar surface area (TPSA) is 53.6 Å². The smallest absolute Gasteiger partial charge is 0.340 e. The molecule has 1 heterocycles. The molecule has 0 radical (unpaired) electrons. The van der Waals surface area contributed by atoms with Crippen LogP contribution in [0, 0.1) is 0 Å². The van der Waals surface area contributed by atoms with Gasteiger partial charge < -0.3 is 20.3 Å². The first-order valence-electron chi connectivity index (χ1n) is 9.61. The van der Waals surface area contributed by atoms with Gasteiger partial charge in [0, 0.05) is 61.9 Å². The third-order valence-corrected chi connectivity index (χ3v) is 5.52. The van der Waals surface area contributed by atoms with Gasteiger partial charge in [0.1, 0.15) is 0 Å². The quantitative estimate of drug-likeness (QED) is 0.640. The Morgan fingerprint density at radius 3 is 1.76 bits per heavy atom. The highest BCUT2D eigenvalue weighted by Gasteiger charge is 2.48. The maximum Gasteiger partial charge on any atom is 0.340 e. The zero-order valence-electron chi connectivity index (χ0n) is 17.1. The van der Waals surface area contributed by atoms with Crippen LogP contribution in [0.2, 0.25) is 0 Å². The van der Waals surface area contributed by atoms with Crippen LogP contribution in [0.3, 0.4) is 0 Å². The van der Waals surface area contributed by atoms with Crippen LogP contribution in [-0.2, 0) is 10.3 Å². The molecule has 0 bridgehead atoms. The molecule has 0 saturated heterocycles. The van der Waals surface area contributed by atoms with Crippen molar-refractivity contribution in [3.05, 3.63) is 89.0 Å². The molecule has 0 spiro atoms. The number of ether oxygens (including phenoxy) is 1. The van der Waals surface area contributed by atoms with E-state index in [2.05, 4.69) is 10.6 Å². The average molecular weight is 387 g/mol. The van der Waals surface area contributed by atoms with E-state index in [9.17, 15) is 4.79 Å². The SMILES string of the molecule is CNc1ccc(C2(c3ccc(NC)cc3)OC(=O)c3cc(N(C)C)ccc32)cc1. The molecule has 0 unspecified atom stereocenters. The molecular weight excluding hydrogens is 362 g/mol. The second-order valence-corrected chi connectivity index (χ2v) is 7.35. The minimum atomic E-state index is -0.976. The number of fused-ring (bicyclic) bond motifs is 1. The number of carbonyl (C=O) groups is 1. The van der Waals surface area contributed by atoms with Crippen LogP contribution >= 0.6 is 0 Å². The summed E-state index contributed by atoms with van der Waals surface area (Å²) >= 11 is 0.